The van der Waals surface area contributed by atoms with E-state index in [4.69, 9.17) is 9.53 Å². The molecule has 2 N–H and O–H groups in total. The van der Waals surface area contributed by atoms with Gasteiger partial charge in [-0.3, -0.25) is 4.79 Å². The molecule has 0 unspecified atom stereocenters. The molecule has 1 aromatic rings. The van der Waals surface area contributed by atoms with E-state index in [1.54, 1.807) is 0 Å². The van der Waals surface area contributed by atoms with Gasteiger partial charge in [-0.05, 0) is 49.3 Å². The van der Waals surface area contributed by atoms with Crippen LogP contribution in [-0.4, -0.2) is 25.4 Å². The SMILES string of the molecule is C[Si](C)(C)Oc1ccc2c(c1)CN[C@@H](C(=O)O)C2. The third-order valence-electron chi connectivity index (χ3n) is 2.86. The Hall–Kier alpha value is -1.33. The van der Waals surface area contributed by atoms with Gasteiger partial charge in [0, 0.05) is 6.54 Å². The van der Waals surface area contributed by atoms with E-state index in [0.29, 0.717) is 13.0 Å². The van der Waals surface area contributed by atoms with E-state index in [9.17, 15) is 4.79 Å². The van der Waals surface area contributed by atoms with E-state index in [1.807, 2.05) is 18.2 Å². The molecule has 0 fully saturated rings. The molecule has 0 radical (unpaired) electrons. The Morgan fingerprint density at radius 2 is 2.11 bits per heavy atom. The maximum Gasteiger partial charge on any atom is 0.321 e. The number of hydrogen-bond acceptors (Lipinski definition) is 3. The Balaban J connectivity index is 2.17. The highest BCUT2D eigenvalue weighted by molar-refractivity contribution is 6.70. The molecule has 0 spiro atoms. The zero-order chi connectivity index (χ0) is 13.3. The van der Waals surface area contributed by atoms with Gasteiger partial charge in [0.25, 0.3) is 0 Å². The van der Waals surface area contributed by atoms with Gasteiger partial charge in [0.1, 0.15) is 11.8 Å². The summed E-state index contributed by atoms with van der Waals surface area (Å²) in [4.78, 5) is 10.9. The minimum absolute atomic E-state index is 0.471. The Bertz CT molecular complexity index is 468. The van der Waals surface area contributed by atoms with Crippen LogP contribution in [0.25, 0.3) is 0 Å². The van der Waals surface area contributed by atoms with Gasteiger partial charge in [0.2, 0.25) is 8.32 Å². The third-order valence-corrected chi connectivity index (χ3v) is 3.71. The van der Waals surface area contributed by atoms with Gasteiger partial charge >= 0.3 is 5.97 Å². The number of aliphatic carboxylic acids is 1. The van der Waals surface area contributed by atoms with Crippen LogP contribution in [0.2, 0.25) is 19.6 Å². The minimum atomic E-state index is -1.59. The van der Waals surface area contributed by atoms with E-state index in [2.05, 4.69) is 25.0 Å². The second-order valence-corrected chi connectivity index (χ2v) is 10.0. The number of carboxylic acid groups (broad SMARTS) is 1. The van der Waals surface area contributed by atoms with Crippen molar-refractivity contribution in [3.63, 3.8) is 0 Å². The van der Waals surface area contributed by atoms with Crippen LogP contribution in [0.4, 0.5) is 0 Å². The van der Waals surface area contributed by atoms with Crippen molar-refractivity contribution >= 4 is 14.3 Å². The molecule has 1 aromatic carbocycles. The molecule has 0 saturated heterocycles. The third kappa shape index (κ3) is 3.11. The van der Waals surface area contributed by atoms with Gasteiger partial charge in [-0.15, -0.1) is 0 Å². The maximum absolute atomic E-state index is 10.9. The minimum Gasteiger partial charge on any atom is -0.544 e. The van der Waals surface area contributed by atoms with E-state index >= 15 is 0 Å². The maximum atomic E-state index is 10.9. The van der Waals surface area contributed by atoms with E-state index in [0.717, 1.165) is 16.9 Å². The lowest BCUT2D eigenvalue weighted by Crippen LogP contribution is -2.41. The van der Waals surface area contributed by atoms with Crippen molar-refractivity contribution in [2.75, 3.05) is 0 Å². The van der Waals surface area contributed by atoms with Crippen LogP contribution in [0, 0.1) is 0 Å². The van der Waals surface area contributed by atoms with Crippen LogP contribution in [0.1, 0.15) is 11.1 Å². The molecule has 1 aliphatic rings. The van der Waals surface area contributed by atoms with Crippen molar-refractivity contribution in [1.29, 1.82) is 0 Å². The van der Waals surface area contributed by atoms with Gasteiger partial charge in [-0.1, -0.05) is 6.07 Å². The quantitative estimate of drug-likeness (QED) is 0.821. The highest BCUT2D eigenvalue weighted by Gasteiger charge is 2.24. The topological polar surface area (TPSA) is 58.6 Å². The summed E-state index contributed by atoms with van der Waals surface area (Å²) in [6, 6.07) is 5.49. The lowest BCUT2D eigenvalue weighted by molar-refractivity contribution is -0.139. The summed E-state index contributed by atoms with van der Waals surface area (Å²) in [7, 11) is -1.59. The number of fused-ring (bicyclic) bond motifs is 1. The average molecular weight is 265 g/mol. The molecular weight excluding hydrogens is 246 g/mol. The number of carbonyl (C=O) groups is 1. The van der Waals surface area contributed by atoms with Crippen molar-refractivity contribution in [1.82, 2.24) is 5.32 Å². The van der Waals surface area contributed by atoms with Gasteiger partial charge < -0.3 is 14.8 Å². The molecule has 0 saturated carbocycles. The van der Waals surface area contributed by atoms with E-state index in [1.165, 1.54) is 0 Å². The van der Waals surface area contributed by atoms with Gasteiger partial charge in [0.15, 0.2) is 0 Å². The molecule has 1 heterocycles. The van der Waals surface area contributed by atoms with Crippen molar-refractivity contribution in [3.05, 3.63) is 29.3 Å². The monoisotopic (exact) mass is 265 g/mol. The van der Waals surface area contributed by atoms with Crippen LogP contribution in [0.15, 0.2) is 18.2 Å². The highest BCUT2D eigenvalue weighted by Crippen LogP contribution is 2.24. The Morgan fingerprint density at radius 1 is 1.39 bits per heavy atom. The van der Waals surface area contributed by atoms with E-state index < -0.39 is 20.3 Å². The van der Waals surface area contributed by atoms with Crippen LogP contribution in [0.5, 0.6) is 5.75 Å². The van der Waals surface area contributed by atoms with Crippen molar-refractivity contribution < 1.29 is 14.3 Å². The molecule has 1 aliphatic heterocycles. The van der Waals surface area contributed by atoms with E-state index in [-0.39, 0.29) is 0 Å². The fourth-order valence-corrected chi connectivity index (χ4v) is 2.92. The predicted octanol–water partition coefficient (Wildman–Crippen LogP) is 2.00. The average Bonchev–Trinajstić information content (AvgIpc) is 2.26. The summed E-state index contributed by atoms with van der Waals surface area (Å²) in [6.07, 6.45) is 0.540. The summed E-state index contributed by atoms with van der Waals surface area (Å²) in [5, 5.41) is 12.0. The predicted molar refractivity (Wildman–Crippen MR) is 72.4 cm³/mol. The number of carboxylic acids is 1. The van der Waals surface area contributed by atoms with Gasteiger partial charge in [0.05, 0.1) is 0 Å². The molecule has 0 bridgehead atoms. The zero-order valence-corrected chi connectivity index (χ0v) is 12.0. The molecule has 4 nitrogen and oxygen atoms in total. The Morgan fingerprint density at radius 3 is 2.72 bits per heavy atom. The molecule has 2 rings (SSSR count). The molecule has 1 atom stereocenters. The number of hydrogen-bond donors (Lipinski definition) is 2. The molecule has 5 heteroatoms. The largest absolute Gasteiger partial charge is 0.544 e. The first-order valence-corrected chi connectivity index (χ1v) is 9.53. The Labute approximate surface area is 108 Å². The van der Waals surface area contributed by atoms with Gasteiger partial charge in [-0.2, -0.15) is 0 Å². The standard InChI is InChI=1S/C13H19NO3Si/c1-18(2,3)17-11-5-4-9-7-12(13(15)16)14-8-10(9)6-11/h4-6,12,14H,7-8H2,1-3H3,(H,15,16)/t12-/m1/s1. The Kier molecular flexibility index (Phi) is 3.45. The number of benzene rings is 1. The highest BCUT2D eigenvalue weighted by atomic mass is 28.4. The summed E-state index contributed by atoms with van der Waals surface area (Å²) in [6.45, 7) is 7.02. The first-order chi connectivity index (χ1) is 8.35. The second kappa shape index (κ2) is 4.74. The van der Waals surface area contributed by atoms with Crippen LogP contribution >= 0.6 is 0 Å². The van der Waals surface area contributed by atoms with Gasteiger partial charge in [-0.25, -0.2) is 0 Å². The number of nitrogens with one attached hydrogen (secondary N) is 1. The summed E-state index contributed by atoms with van der Waals surface area (Å²) < 4.78 is 5.94. The fraction of sp³-hybridized carbons (Fsp3) is 0.462. The first-order valence-electron chi connectivity index (χ1n) is 6.12. The fourth-order valence-electron chi connectivity index (χ4n) is 2.08. The molecule has 18 heavy (non-hydrogen) atoms. The zero-order valence-electron chi connectivity index (χ0n) is 11.0. The normalized spacial score (nSPS) is 19.2. The van der Waals surface area contributed by atoms with Crippen molar-refractivity contribution in [2.24, 2.45) is 0 Å². The molecule has 0 aliphatic carbocycles. The van der Waals surface area contributed by atoms with Crippen LogP contribution < -0.4 is 9.74 Å². The van der Waals surface area contributed by atoms with Crippen molar-refractivity contribution in [3.8, 4) is 5.75 Å². The summed E-state index contributed by atoms with van der Waals surface area (Å²) in [5.41, 5.74) is 2.24. The smallest absolute Gasteiger partial charge is 0.321 e. The second-order valence-electron chi connectivity index (χ2n) is 5.62. The lowest BCUT2D eigenvalue weighted by Gasteiger charge is -2.25. The van der Waals surface area contributed by atoms with Crippen LogP contribution in [0.3, 0.4) is 0 Å². The molecule has 98 valence electrons. The summed E-state index contributed by atoms with van der Waals surface area (Å²) >= 11 is 0. The van der Waals surface area contributed by atoms with Crippen LogP contribution in [-0.2, 0) is 17.8 Å². The lowest BCUT2D eigenvalue weighted by atomic mass is 9.96. The molecule has 0 amide bonds. The number of rotatable bonds is 3. The summed E-state index contributed by atoms with van der Waals surface area (Å²) in [5.74, 6) is 0.103. The molecule has 0 aromatic heterocycles. The van der Waals surface area contributed by atoms with Crippen molar-refractivity contribution in [2.45, 2.75) is 38.6 Å². The molecular formula is C13H19NO3Si. The first kappa shape index (κ1) is 13.1.